The fraction of sp³-hybridized carbons (Fsp3) is 1.00. The summed E-state index contributed by atoms with van der Waals surface area (Å²) in [5, 5.41) is 9.00. The lowest BCUT2D eigenvalue weighted by molar-refractivity contribution is 0.0549. The Hall–Kier alpha value is -0.0800. The third kappa shape index (κ3) is 0.283. The molecule has 2 nitrogen and oxygen atoms in total. The number of aliphatic hydroxyl groups is 1. The number of hydrogen-bond donors (Lipinski definition) is 1. The van der Waals surface area contributed by atoms with Crippen molar-refractivity contribution < 1.29 is 9.84 Å². The van der Waals surface area contributed by atoms with E-state index in [0.29, 0.717) is 0 Å². The second kappa shape index (κ2) is 0.644. The molecule has 7 heavy (non-hydrogen) atoms. The van der Waals surface area contributed by atoms with Crippen LogP contribution in [0.5, 0.6) is 0 Å². The first-order valence-corrected chi connectivity index (χ1v) is 2.59. The van der Waals surface area contributed by atoms with Crippen molar-refractivity contribution in [3.05, 3.63) is 0 Å². The van der Waals surface area contributed by atoms with E-state index in [9.17, 15) is 0 Å². The van der Waals surface area contributed by atoms with Crippen LogP contribution >= 0.6 is 0 Å². The van der Waals surface area contributed by atoms with Gasteiger partial charge in [-0.15, -0.1) is 0 Å². The van der Waals surface area contributed by atoms with Gasteiger partial charge in [-0.25, -0.2) is 0 Å². The first-order chi connectivity index (χ1) is 3.16. The zero-order valence-electron chi connectivity index (χ0n) is 4.27. The second-order valence-corrected chi connectivity index (χ2v) is 2.58. The summed E-state index contributed by atoms with van der Waals surface area (Å²) in [5.74, 6) is -0.743. The van der Waals surface area contributed by atoms with Gasteiger partial charge in [0.25, 0.3) is 0 Å². The Morgan fingerprint density at radius 2 is 2.00 bits per heavy atom. The number of hydrogen-bond acceptors (Lipinski definition) is 2. The quantitative estimate of drug-likeness (QED) is 0.443. The fourth-order valence-corrected chi connectivity index (χ4v) is 1.03. The van der Waals surface area contributed by atoms with Crippen LogP contribution in [0.15, 0.2) is 0 Å². The van der Waals surface area contributed by atoms with E-state index in [2.05, 4.69) is 0 Å². The maximum atomic E-state index is 9.00. The van der Waals surface area contributed by atoms with Gasteiger partial charge in [0.1, 0.15) is 5.60 Å². The van der Waals surface area contributed by atoms with Crippen molar-refractivity contribution in [3.8, 4) is 0 Å². The van der Waals surface area contributed by atoms with Gasteiger partial charge < -0.3 is 9.84 Å². The maximum absolute atomic E-state index is 9.00. The van der Waals surface area contributed by atoms with Crippen LogP contribution < -0.4 is 0 Å². The van der Waals surface area contributed by atoms with Gasteiger partial charge >= 0.3 is 0 Å². The molecule has 2 aliphatic rings. The Kier molecular flexibility index (Phi) is 0.356. The first-order valence-electron chi connectivity index (χ1n) is 2.59. The van der Waals surface area contributed by atoms with Gasteiger partial charge in [-0.05, 0) is 19.8 Å². The highest BCUT2D eigenvalue weighted by Crippen LogP contribution is 2.62. The van der Waals surface area contributed by atoms with Crippen LogP contribution in [0.4, 0.5) is 0 Å². The van der Waals surface area contributed by atoms with Crippen molar-refractivity contribution in [1.29, 1.82) is 0 Å². The minimum atomic E-state index is -0.743. The summed E-state index contributed by atoms with van der Waals surface area (Å²) in [6, 6.07) is 0. The van der Waals surface area contributed by atoms with Crippen LogP contribution in [-0.2, 0) is 4.74 Å². The van der Waals surface area contributed by atoms with E-state index in [1.807, 2.05) is 0 Å². The molecule has 0 bridgehead atoms. The van der Waals surface area contributed by atoms with Crippen LogP contribution in [0.3, 0.4) is 0 Å². The Morgan fingerprint density at radius 3 is 2.00 bits per heavy atom. The van der Waals surface area contributed by atoms with Crippen LogP contribution in [0.1, 0.15) is 19.8 Å². The largest absolute Gasteiger partial charge is 0.363 e. The molecule has 1 unspecified atom stereocenters. The van der Waals surface area contributed by atoms with Crippen molar-refractivity contribution in [1.82, 2.24) is 0 Å². The highest BCUT2D eigenvalue weighted by atomic mass is 16.8. The molecule has 0 aromatic heterocycles. The average Bonchev–Trinajstić information content (AvgIpc) is 2.22. The molecular formula is C5H8O2. The van der Waals surface area contributed by atoms with Gasteiger partial charge in [-0.2, -0.15) is 0 Å². The molecule has 1 atom stereocenters. The van der Waals surface area contributed by atoms with E-state index in [0.717, 1.165) is 12.8 Å². The van der Waals surface area contributed by atoms with Gasteiger partial charge in [0.05, 0.1) is 0 Å². The zero-order chi connectivity index (χ0) is 5.12. The first kappa shape index (κ1) is 3.87. The topological polar surface area (TPSA) is 32.8 Å². The van der Waals surface area contributed by atoms with E-state index in [1.165, 1.54) is 0 Å². The lowest BCUT2D eigenvalue weighted by atomic mass is 10.3. The number of ether oxygens (including phenoxy) is 1. The van der Waals surface area contributed by atoms with E-state index in [4.69, 9.17) is 9.84 Å². The summed E-state index contributed by atoms with van der Waals surface area (Å²) >= 11 is 0. The van der Waals surface area contributed by atoms with Gasteiger partial charge in [-0.1, -0.05) is 0 Å². The van der Waals surface area contributed by atoms with Gasteiger partial charge in [0.15, 0.2) is 5.79 Å². The van der Waals surface area contributed by atoms with Crippen molar-refractivity contribution in [2.75, 3.05) is 0 Å². The van der Waals surface area contributed by atoms with Crippen molar-refractivity contribution >= 4 is 0 Å². The molecule has 0 amide bonds. The summed E-state index contributed by atoms with van der Waals surface area (Å²) in [6.45, 7) is 1.72. The Labute approximate surface area is 42.1 Å². The molecule has 1 aliphatic heterocycles. The number of epoxide rings is 1. The molecule has 0 radical (unpaired) electrons. The molecular weight excluding hydrogens is 92.1 g/mol. The summed E-state index contributed by atoms with van der Waals surface area (Å²) in [7, 11) is 0. The predicted octanol–water partition coefficient (Wildman–Crippen LogP) is 0.258. The van der Waals surface area contributed by atoms with E-state index < -0.39 is 5.79 Å². The Bertz CT molecular complexity index is 111. The molecule has 1 saturated heterocycles. The zero-order valence-corrected chi connectivity index (χ0v) is 4.27. The van der Waals surface area contributed by atoms with Crippen LogP contribution in [-0.4, -0.2) is 16.5 Å². The monoisotopic (exact) mass is 100 g/mol. The molecule has 0 aromatic carbocycles. The van der Waals surface area contributed by atoms with E-state index in [1.54, 1.807) is 6.92 Å². The standard InChI is InChI=1S/C5H8O2/c1-4(6)5(7-4)2-3-5/h6H,2-3H2,1H3. The third-order valence-corrected chi connectivity index (χ3v) is 1.90. The van der Waals surface area contributed by atoms with Crippen molar-refractivity contribution in [2.45, 2.75) is 31.2 Å². The van der Waals surface area contributed by atoms with Crippen LogP contribution in [0, 0.1) is 0 Å². The summed E-state index contributed by atoms with van der Waals surface area (Å²) in [6.07, 6.45) is 2.11. The highest BCUT2D eigenvalue weighted by molar-refractivity contribution is 5.16. The van der Waals surface area contributed by atoms with E-state index >= 15 is 0 Å². The molecule has 1 saturated carbocycles. The normalized spacial score (nSPS) is 52.3. The summed E-state index contributed by atoms with van der Waals surface area (Å²) < 4.78 is 4.96. The smallest absolute Gasteiger partial charge is 0.193 e. The molecule has 40 valence electrons. The predicted molar refractivity (Wildman–Crippen MR) is 23.7 cm³/mol. The summed E-state index contributed by atoms with van der Waals surface area (Å²) in [4.78, 5) is 0. The minimum Gasteiger partial charge on any atom is -0.363 e. The van der Waals surface area contributed by atoms with Crippen LogP contribution in [0.25, 0.3) is 0 Å². The van der Waals surface area contributed by atoms with Crippen molar-refractivity contribution in [2.24, 2.45) is 0 Å². The molecule has 2 fully saturated rings. The van der Waals surface area contributed by atoms with Crippen LogP contribution in [0.2, 0.25) is 0 Å². The highest BCUT2D eigenvalue weighted by Gasteiger charge is 2.74. The van der Waals surface area contributed by atoms with E-state index in [-0.39, 0.29) is 5.60 Å². The maximum Gasteiger partial charge on any atom is 0.193 e. The Balaban J connectivity index is 2.22. The molecule has 1 aliphatic carbocycles. The molecule has 2 rings (SSSR count). The lowest BCUT2D eigenvalue weighted by Crippen LogP contribution is -2.06. The molecule has 2 heteroatoms. The average molecular weight is 100 g/mol. The second-order valence-electron chi connectivity index (χ2n) is 2.58. The SMILES string of the molecule is CC1(O)OC12CC2. The number of rotatable bonds is 0. The molecule has 1 N–H and O–H groups in total. The molecule has 0 aromatic rings. The Morgan fingerprint density at radius 1 is 1.57 bits per heavy atom. The lowest BCUT2D eigenvalue weighted by Gasteiger charge is -1.86. The molecule has 1 heterocycles. The summed E-state index contributed by atoms with van der Waals surface area (Å²) in [5.41, 5.74) is -0.0486. The van der Waals surface area contributed by atoms with Gasteiger partial charge in [-0.3, -0.25) is 0 Å². The van der Waals surface area contributed by atoms with Crippen molar-refractivity contribution in [3.63, 3.8) is 0 Å². The third-order valence-electron chi connectivity index (χ3n) is 1.90. The van der Waals surface area contributed by atoms with Gasteiger partial charge in [0.2, 0.25) is 0 Å². The van der Waals surface area contributed by atoms with Gasteiger partial charge in [0, 0.05) is 0 Å². The molecule has 1 spiro atoms. The minimum absolute atomic E-state index is 0.0486. The fourth-order valence-electron chi connectivity index (χ4n) is 1.03.